The molecular formula is C16H21FN2S. The fourth-order valence-electron chi connectivity index (χ4n) is 2.25. The predicted octanol–water partition coefficient (Wildman–Crippen LogP) is 3.41. The molecule has 1 unspecified atom stereocenters. The summed E-state index contributed by atoms with van der Waals surface area (Å²) < 4.78 is 13.5. The minimum Gasteiger partial charge on any atom is -0.326 e. The molecule has 108 valence electrons. The number of benzene rings is 1. The van der Waals surface area contributed by atoms with Gasteiger partial charge in [0.2, 0.25) is 0 Å². The zero-order valence-corrected chi connectivity index (χ0v) is 12.8. The van der Waals surface area contributed by atoms with Crippen molar-refractivity contribution in [3.05, 3.63) is 57.5 Å². The monoisotopic (exact) mass is 292 g/mol. The number of hydrogen-bond acceptors (Lipinski definition) is 3. The van der Waals surface area contributed by atoms with Gasteiger partial charge in [-0.05, 0) is 55.1 Å². The van der Waals surface area contributed by atoms with Crippen molar-refractivity contribution in [2.75, 3.05) is 7.05 Å². The zero-order chi connectivity index (χ0) is 14.5. The third kappa shape index (κ3) is 4.13. The van der Waals surface area contributed by atoms with Gasteiger partial charge in [0.25, 0.3) is 0 Å². The van der Waals surface area contributed by atoms with Crippen LogP contribution in [0.15, 0.2) is 35.7 Å². The average molecular weight is 292 g/mol. The smallest absolute Gasteiger partial charge is 0.123 e. The van der Waals surface area contributed by atoms with Gasteiger partial charge in [0.1, 0.15) is 5.82 Å². The topological polar surface area (TPSA) is 29.3 Å². The number of rotatable bonds is 6. The third-order valence-electron chi connectivity index (χ3n) is 3.51. The summed E-state index contributed by atoms with van der Waals surface area (Å²) in [5.41, 5.74) is 7.41. The number of likely N-dealkylation sites (N-methyl/N-ethyl adjacent to an activating group) is 1. The molecule has 0 aliphatic heterocycles. The van der Waals surface area contributed by atoms with E-state index in [1.807, 2.05) is 6.07 Å². The summed E-state index contributed by atoms with van der Waals surface area (Å²) in [5.74, 6) is -0.206. The quantitative estimate of drug-likeness (QED) is 0.884. The Bertz CT molecular complexity index is 539. The van der Waals surface area contributed by atoms with Gasteiger partial charge in [-0.1, -0.05) is 12.1 Å². The lowest BCUT2D eigenvalue weighted by atomic mass is 10.1. The third-order valence-corrected chi connectivity index (χ3v) is 4.41. The Labute approximate surface area is 124 Å². The summed E-state index contributed by atoms with van der Waals surface area (Å²) in [6, 6.07) is 9.72. The van der Waals surface area contributed by atoms with E-state index < -0.39 is 0 Å². The molecule has 0 saturated carbocycles. The highest BCUT2D eigenvalue weighted by atomic mass is 32.1. The van der Waals surface area contributed by atoms with E-state index in [4.69, 9.17) is 5.73 Å². The van der Waals surface area contributed by atoms with Gasteiger partial charge in [0, 0.05) is 24.0 Å². The average Bonchev–Trinajstić information content (AvgIpc) is 2.90. The molecule has 0 bridgehead atoms. The first-order valence-corrected chi connectivity index (χ1v) is 7.67. The first kappa shape index (κ1) is 15.2. The second-order valence-corrected chi connectivity index (χ2v) is 6.25. The zero-order valence-electron chi connectivity index (χ0n) is 12.0. The van der Waals surface area contributed by atoms with Crippen molar-refractivity contribution in [1.29, 1.82) is 0 Å². The molecule has 2 rings (SSSR count). The molecule has 0 saturated heterocycles. The maximum absolute atomic E-state index is 13.5. The van der Waals surface area contributed by atoms with Crippen molar-refractivity contribution in [3.63, 3.8) is 0 Å². The first-order chi connectivity index (χ1) is 9.58. The van der Waals surface area contributed by atoms with Crippen molar-refractivity contribution >= 4 is 11.3 Å². The number of nitrogens with two attached hydrogens (primary N) is 1. The Morgan fingerprint density at radius 3 is 2.70 bits per heavy atom. The van der Waals surface area contributed by atoms with Crippen LogP contribution < -0.4 is 5.73 Å². The van der Waals surface area contributed by atoms with Gasteiger partial charge in [-0.25, -0.2) is 4.39 Å². The fourth-order valence-corrected chi connectivity index (χ4v) is 3.07. The Morgan fingerprint density at radius 2 is 2.05 bits per heavy atom. The van der Waals surface area contributed by atoms with Crippen LogP contribution in [0.2, 0.25) is 0 Å². The lowest BCUT2D eigenvalue weighted by molar-refractivity contribution is 0.248. The lowest BCUT2D eigenvalue weighted by Crippen LogP contribution is -2.30. The summed E-state index contributed by atoms with van der Waals surface area (Å²) in [4.78, 5) is 3.63. The molecule has 20 heavy (non-hydrogen) atoms. The molecule has 0 aliphatic rings. The summed E-state index contributed by atoms with van der Waals surface area (Å²) >= 11 is 1.78. The van der Waals surface area contributed by atoms with E-state index in [1.165, 1.54) is 10.9 Å². The molecule has 1 atom stereocenters. The van der Waals surface area contributed by atoms with Crippen LogP contribution in [0, 0.1) is 5.82 Å². The molecule has 0 amide bonds. The number of thiophene rings is 1. The summed E-state index contributed by atoms with van der Waals surface area (Å²) in [7, 11) is 2.07. The van der Waals surface area contributed by atoms with Crippen molar-refractivity contribution in [3.8, 4) is 0 Å². The second-order valence-electron chi connectivity index (χ2n) is 5.22. The predicted molar refractivity (Wildman–Crippen MR) is 83.2 cm³/mol. The molecule has 1 aromatic heterocycles. The van der Waals surface area contributed by atoms with Crippen LogP contribution in [0.3, 0.4) is 0 Å². The molecule has 2 nitrogen and oxygen atoms in total. The molecule has 0 fully saturated rings. The molecular weight excluding hydrogens is 271 g/mol. The van der Waals surface area contributed by atoms with Crippen LogP contribution in [0.25, 0.3) is 0 Å². The van der Waals surface area contributed by atoms with Crippen molar-refractivity contribution < 1.29 is 4.39 Å². The number of hydrogen-bond donors (Lipinski definition) is 1. The first-order valence-electron chi connectivity index (χ1n) is 6.79. The maximum atomic E-state index is 13.5. The van der Waals surface area contributed by atoms with Crippen LogP contribution >= 0.6 is 11.3 Å². The van der Waals surface area contributed by atoms with Crippen molar-refractivity contribution in [1.82, 2.24) is 4.90 Å². The molecule has 0 aliphatic carbocycles. The fraction of sp³-hybridized carbons (Fsp3) is 0.375. The van der Waals surface area contributed by atoms with E-state index in [9.17, 15) is 4.39 Å². The SMILES string of the molecule is CC(Cc1cccs1)N(C)Cc1cc(F)cc(CN)c1. The van der Waals surface area contributed by atoms with E-state index in [1.54, 1.807) is 17.4 Å². The molecule has 4 heteroatoms. The van der Waals surface area contributed by atoms with E-state index in [2.05, 4.69) is 36.4 Å². The van der Waals surface area contributed by atoms with Gasteiger partial charge in [0.15, 0.2) is 0 Å². The molecule has 2 aromatic rings. The highest BCUT2D eigenvalue weighted by Gasteiger charge is 2.12. The van der Waals surface area contributed by atoms with Crippen molar-refractivity contribution in [2.24, 2.45) is 5.73 Å². The minimum absolute atomic E-state index is 0.206. The van der Waals surface area contributed by atoms with Gasteiger partial charge >= 0.3 is 0 Å². The molecule has 0 spiro atoms. The standard InChI is InChI=1S/C16H21FN2S/c1-12(6-16-4-3-5-20-16)19(2)11-14-7-13(10-18)8-15(17)9-14/h3-5,7-9,12H,6,10-11,18H2,1-2H3. The molecule has 1 aromatic carbocycles. The number of halogens is 1. The second kappa shape index (κ2) is 6.97. The van der Waals surface area contributed by atoms with Gasteiger partial charge in [-0.2, -0.15) is 0 Å². The van der Waals surface area contributed by atoms with Crippen LogP contribution in [0.4, 0.5) is 4.39 Å². The van der Waals surface area contributed by atoms with Crippen LogP contribution in [-0.2, 0) is 19.5 Å². The van der Waals surface area contributed by atoms with Crippen LogP contribution in [0.5, 0.6) is 0 Å². The van der Waals surface area contributed by atoms with Gasteiger partial charge < -0.3 is 5.73 Å². The maximum Gasteiger partial charge on any atom is 0.123 e. The largest absolute Gasteiger partial charge is 0.326 e. The molecule has 0 radical (unpaired) electrons. The molecule has 1 heterocycles. The van der Waals surface area contributed by atoms with Crippen molar-refractivity contribution in [2.45, 2.75) is 32.5 Å². The minimum atomic E-state index is -0.206. The van der Waals surface area contributed by atoms with Gasteiger partial charge in [-0.3, -0.25) is 4.90 Å². The summed E-state index contributed by atoms with van der Waals surface area (Å²) in [6.07, 6.45) is 1.02. The van der Waals surface area contributed by atoms with Gasteiger partial charge in [-0.15, -0.1) is 11.3 Å². The van der Waals surface area contributed by atoms with Crippen LogP contribution in [0.1, 0.15) is 22.9 Å². The van der Waals surface area contributed by atoms with Gasteiger partial charge in [0.05, 0.1) is 0 Å². The van der Waals surface area contributed by atoms with E-state index in [0.29, 0.717) is 12.6 Å². The Kier molecular flexibility index (Phi) is 5.29. The summed E-state index contributed by atoms with van der Waals surface area (Å²) in [6.45, 7) is 3.30. The van der Waals surface area contributed by atoms with E-state index >= 15 is 0 Å². The lowest BCUT2D eigenvalue weighted by Gasteiger charge is -2.24. The highest BCUT2D eigenvalue weighted by Crippen LogP contribution is 2.16. The van der Waals surface area contributed by atoms with E-state index in [-0.39, 0.29) is 5.82 Å². The summed E-state index contributed by atoms with van der Waals surface area (Å²) in [5, 5.41) is 2.10. The Morgan fingerprint density at radius 1 is 1.30 bits per heavy atom. The van der Waals surface area contributed by atoms with Crippen LogP contribution in [-0.4, -0.2) is 18.0 Å². The Balaban J connectivity index is 1.99. The Hall–Kier alpha value is -1.23. The van der Waals surface area contributed by atoms with E-state index in [0.717, 1.165) is 24.1 Å². The number of nitrogens with zero attached hydrogens (tertiary/aromatic N) is 1. The highest BCUT2D eigenvalue weighted by molar-refractivity contribution is 7.09. The molecule has 2 N–H and O–H groups in total. The normalized spacial score (nSPS) is 12.8.